The van der Waals surface area contributed by atoms with E-state index in [1.165, 1.54) is 6.20 Å². The van der Waals surface area contributed by atoms with Gasteiger partial charge in [0.05, 0.1) is 19.0 Å². The molecule has 0 saturated heterocycles. The molecule has 6 nitrogen and oxygen atoms in total. The van der Waals surface area contributed by atoms with E-state index < -0.39 is 0 Å². The van der Waals surface area contributed by atoms with Crippen molar-refractivity contribution < 1.29 is 9.90 Å². The number of rotatable bonds is 9. The zero-order valence-corrected chi connectivity index (χ0v) is 13.2. The quantitative estimate of drug-likeness (QED) is 0.727. The van der Waals surface area contributed by atoms with E-state index in [1.54, 1.807) is 11.1 Å². The first-order valence-electron chi connectivity index (χ1n) is 7.65. The summed E-state index contributed by atoms with van der Waals surface area (Å²) in [6.07, 6.45) is 5.77. The van der Waals surface area contributed by atoms with Crippen LogP contribution in [0.25, 0.3) is 0 Å². The second-order valence-electron chi connectivity index (χ2n) is 4.91. The first-order chi connectivity index (χ1) is 10.2. The number of amides is 1. The number of hydrogen-bond donors (Lipinski definition) is 2. The first-order valence-corrected chi connectivity index (χ1v) is 7.65. The van der Waals surface area contributed by atoms with Gasteiger partial charge in [-0.2, -0.15) is 0 Å². The van der Waals surface area contributed by atoms with E-state index in [1.807, 2.05) is 13.8 Å². The molecule has 21 heavy (non-hydrogen) atoms. The Labute approximate surface area is 126 Å². The first kappa shape index (κ1) is 17.4. The minimum Gasteiger partial charge on any atom is -0.395 e. The molecule has 1 rings (SSSR count). The number of carbonyl (C=O) groups is 1. The molecule has 0 aliphatic carbocycles. The average Bonchev–Trinajstić information content (AvgIpc) is 2.52. The molecule has 0 fully saturated rings. The number of anilines is 1. The summed E-state index contributed by atoms with van der Waals surface area (Å²) in [6, 6.07) is 0.110. The van der Waals surface area contributed by atoms with Gasteiger partial charge in [0.15, 0.2) is 0 Å². The lowest BCUT2D eigenvalue weighted by molar-refractivity contribution is 0.0616. The van der Waals surface area contributed by atoms with Gasteiger partial charge in [-0.3, -0.25) is 9.78 Å². The fraction of sp³-hybridized carbons (Fsp3) is 0.667. The molecule has 2 N–H and O–H groups in total. The van der Waals surface area contributed by atoms with E-state index in [0.29, 0.717) is 18.1 Å². The third-order valence-corrected chi connectivity index (χ3v) is 3.39. The van der Waals surface area contributed by atoms with Crippen molar-refractivity contribution in [2.45, 2.75) is 46.1 Å². The summed E-state index contributed by atoms with van der Waals surface area (Å²) in [5.74, 6) is 0.432. The molecule has 0 bridgehead atoms. The molecule has 0 spiro atoms. The maximum absolute atomic E-state index is 12.6. The Morgan fingerprint density at radius 2 is 2.05 bits per heavy atom. The van der Waals surface area contributed by atoms with Crippen LogP contribution in [0.2, 0.25) is 0 Å². The zero-order chi connectivity index (χ0) is 15.7. The molecule has 1 amide bonds. The summed E-state index contributed by atoms with van der Waals surface area (Å²) in [5, 5.41) is 12.3. The Morgan fingerprint density at radius 1 is 1.33 bits per heavy atom. The smallest absolute Gasteiger partial charge is 0.274 e. The van der Waals surface area contributed by atoms with Crippen LogP contribution >= 0.6 is 0 Å². The predicted octanol–water partition coefficient (Wildman–Crippen LogP) is 1.92. The SMILES string of the molecule is CCCNc1cncc(C(=O)N(CCO)C(CC)CC)n1. The van der Waals surface area contributed by atoms with Crippen molar-refractivity contribution in [1.29, 1.82) is 0 Å². The maximum Gasteiger partial charge on any atom is 0.274 e. The zero-order valence-electron chi connectivity index (χ0n) is 13.2. The average molecular weight is 294 g/mol. The Balaban J connectivity index is 2.92. The van der Waals surface area contributed by atoms with Crippen molar-refractivity contribution in [2.75, 3.05) is 25.0 Å². The van der Waals surface area contributed by atoms with Crippen molar-refractivity contribution in [3.05, 3.63) is 18.1 Å². The molecule has 0 radical (unpaired) electrons. The summed E-state index contributed by atoms with van der Waals surface area (Å²) < 4.78 is 0. The summed E-state index contributed by atoms with van der Waals surface area (Å²) in [6.45, 7) is 7.20. The highest BCUT2D eigenvalue weighted by Crippen LogP contribution is 2.13. The van der Waals surface area contributed by atoms with Crippen molar-refractivity contribution in [3.63, 3.8) is 0 Å². The minimum atomic E-state index is -0.176. The molecule has 0 atom stereocenters. The van der Waals surface area contributed by atoms with Crippen LogP contribution in [-0.4, -0.2) is 51.6 Å². The molecular weight excluding hydrogens is 268 g/mol. The largest absolute Gasteiger partial charge is 0.395 e. The summed E-state index contributed by atoms with van der Waals surface area (Å²) in [4.78, 5) is 22.7. The second kappa shape index (κ2) is 9.28. The minimum absolute atomic E-state index is 0.0521. The highest BCUT2D eigenvalue weighted by Gasteiger charge is 2.23. The summed E-state index contributed by atoms with van der Waals surface area (Å²) in [5.41, 5.74) is 0.316. The number of aliphatic hydroxyl groups is 1. The Hall–Kier alpha value is -1.69. The highest BCUT2D eigenvalue weighted by atomic mass is 16.3. The van der Waals surface area contributed by atoms with Gasteiger partial charge in [-0.05, 0) is 19.3 Å². The van der Waals surface area contributed by atoms with Gasteiger partial charge in [-0.25, -0.2) is 4.98 Å². The fourth-order valence-electron chi connectivity index (χ4n) is 2.24. The molecule has 1 heterocycles. The molecule has 0 aliphatic heterocycles. The van der Waals surface area contributed by atoms with Crippen molar-refractivity contribution in [2.24, 2.45) is 0 Å². The van der Waals surface area contributed by atoms with E-state index >= 15 is 0 Å². The van der Waals surface area contributed by atoms with E-state index in [4.69, 9.17) is 0 Å². The van der Waals surface area contributed by atoms with Crippen LogP contribution in [0.4, 0.5) is 5.82 Å². The number of hydrogen-bond acceptors (Lipinski definition) is 5. The third-order valence-electron chi connectivity index (χ3n) is 3.39. The highest BCUT2D eigenvalue weighted by molar-refractivity contribution is 5.92. The van der Waals surface area contributed by atoms with E-state index in [2.05, 4.69) is 22.2 Å². The van der Waals surface area contributed by atoms with Crippen LogP contribution in [0, 0.1) is 0 Å². The molecule has 1 aromatic rings. The maximum atomic E-state index is 12.6. The van der Waals surface area contributed by atoms with Gasteiger partial charge in [0.1, 0.15) is 11.5 Å². The Morgan fingerprint density at radius 3 is 2.62 bits per heavy atom. The van der Waals surface area contributed by atoms with Crippen LogP contribution in [0.5, 0.6) is 0 Å². The van der Waals surface area contributed by atoms with Crippen LogP contribution < -0.4 is 5.32 Å². The van der Waals surface area contributed by atoms with Crippen molar-refractivity contribution in [1.82, 2.24) is 14.9 Å². The second-order valence-corrected chi connectivity index (χ2v) is 4.91. The monoisotopic (exact) mass is 294 g/mol. The van der Waals surface area contributed by atoms with Gasteiger partial charge >= 0.3 is 0 Å². The lowest BCUT2D eigenvalue weighted by Gasteiger charge is -2.29. The Bertz CT molecular complexity index is 435. The van der Waals surface area contributed by atoms with E-state index in [9.17, 15) is 9.90 Å². The number of aromatic nitrogens is 2. The van der Waals surface area contributed by atoms with Crippen LogP contribution in [0.1, 0.15) is 50.5 Å². The molecule has 0 aliphatic rings. The predicted molar refractivity (Wildman–Crippen MR) is 83.3 cm³/mol. The summed E-state index contributed by atoms with van der Waals surface area (Å²) >= 11 is 0. The molecule has 0 unspecified atom stereocenters. The molecule has 118 valence electrons. The van der Waals surface area contributed by atoms with Crippen LogP contribution in [-0.2, 0) is 0 Å². The van der Waals surface area contributed by atoms with Crippen molar-refractivity contribution in [3.8, 4) is 0 Å². The number of aliphatic hydroxyl groups excluding tert-OH is 1. The Kier molecular flexibility index (Phi) is 7.68. The van der Waals surface area contributed by atoms with E-state index in [-0.39, 0.29) is 18.6 Å². The fourth-order valence-corrected chi connectivity index (χ4v) is 2.24. The van der Waals surface area contributed by atoms with Gasteiger partial charge in [0.2, 0.25) is 0 Å². The van der Waals surface area contributed by atoms with Crippen LogP contribution in [0.3, 0.4) is 0 Å². The van der Waals surface area contributed by atoms with Gasteiger partial charge < -0.3 is 15.3 Å². The number of nitrogens with zero attached hydrogens (tertiary/aromatic N) is 3. The molecule has 6 heteroatoms. The van der Waals surface area contributed by atoms with E-state index in [0.717, 1.165) is 25.8 Å². The summed E-state index contributed by atoms with van der Waals surface area (Å²) in [7, 11) is 0. The molecular formula is C15H26N4O2. The standard InChI is InChI=1S/C15H26N4O2/c1-4-7-17-14-11-16-10-13(18-14)15(21)19(8-9-20)12(5-2)6-3/h10-12,20H,4-9H2,1-3H3,(H,17,18). The number of nitrogens with one attached hydrogen (secondary N) is 1. The van der Waals surface area contributed by atoms with Gasteiger partial charge in [-0.15, -0.1) is 0 Å². The molecule has 0 saturated carbocycles. The molecule has 1 aromatic heterocycles. The number of carbonyl (C=O) groups excluding carboxylic acids is 1. The lowest BCUT2D eigenvalue weighted by atomic mass is 10.1. The van der Waals surface area contributed by atoms with Gasteiger partial charge in [-0.1, -0.05) is 20.8 Å². The lowest BCUT2D eigenvalue weighted by Crippen LogP contribution is -2.42. The van der Waals surface area contributed by atoms with Gasteiger partial charge in [0, 0.05) is 19.1 Å². The normalized spacial score (nSPS) is 10.7. The molecule has 0 aromatic carbocycles. The van der Waals surface area contributed by atoms with Crippen molar-refractivity contribution >= 4 is 11.7 Å². The third kappa shape index (κ3) is 4.97. The van der Waals surface area contributed by atoms with Gasteiger partial charge in [0.25, 0.3) is 5.91 Å². The van der Waals surface area contributed by atoms with Crippen LogP contribution in [0.15, 0.2) is 12.4 Å². The topological polar surface area (TPSA) is 78.4 Å².